The molecule has 17 heavy (non-hydrogen) atoms. The van der Waals surface area contributed by atoms with Crippen LogP contribution >= 0.6 is 0 Å². The second-order valence-corrected chi connectivity index (χ2v) is 4.37. The number of methoxy groups -OCH3 is 2. The van der Waals surface area contributed by atoms with Gasteiger partial charge in [-0.2, -0.15) is 0 Å². The van der Waals surface area contributed by atoms with Gasteiger partial charge in [0.15, 0.2) is 0 Å². The number of hydrogen-bond acceptors (Lipinski definition) is 4. The molecule has 1 fully saturated rings. The van der Waals surface area contributed by atoms with E-state index in [2.05, 4.69) is 4.90 Å². The molecule has 0 aliphatic carbocycles. The van der Waals surface area contributed by atoms with Crippen molar-refractivity contribution in [3.8, 4) is 5.75 Å². The molecule has 0 spiro atoms. The van der Waals surface area contributed by atoms with E-state index in [1.54, 1.807) is 14.2 Å². The summed E-state index contributed by atoms with van der Waals surface area (Å²) in [5.74, 6) is 0.798. The lowest BCUT2D eigenvalue weighted by atomic mass is 10.1. The number of piperidine rings is 1. The predicted molar refractivity (Wildman–Crippen MR) is 69.7 cm³/mol. The highest BCUT2D eigenvalue weighted by Crippen LogP contribution is 2.30. The van der Waals surface area contributed by atoms with Crippen LogP contribution in [0.1, 0.15) is 12.8 Å². The van der Waals surface area contributed by atoms with Crippen LogP contribution in [0.25, 0.3) is 0 Å². The number of benzene rings is 1. The van der Waals surface area contributed by atoms with Crippen LogP contribution in [0.15, 0.2) is 18.2 Å². The minimum absolute atomic E-state index is 0.310. The Kier molecular flexibility index (Phi) is 3.74. The lowest BCUT2D eigenvalue weighted by molar-refractivity contribution is 0.0894. The normalized spacial score (nSPS) is 20.4. The molecule has 4 nitrogen and oxygen atoms in total. The molecule has 2 N–H and O–H groups in total. The monoisotopic (exact) mass is 236 g/mol. The minimum Gasteiger partial charge on any atom is -0.497 e. The molecule has 1 saturated heterocycles. The first-order valence-electron chi connectivity index (χ1n) is 5.96. The molecule has 1 unspecified atom stereocenters. The summed E-state index contributed by atoms with van der Waals surface area (Å²) in [5, 5.41) is 0. The molecule has 1 aromatic carbocycles. The van der Waals surface area contributed by atoms with Crippen molar-refractivity contribution in [3.05, 3.63) is 18.2 Å². The lowest BCUT2D eigenvalue weighted by Gasteiger charge is -2.34. The predicted octanol–water partition coefficient (Wildman–Crippen LogP) is 1.89. The Hall–Kier alpha value is -1.42. The highest BCUT2D eigenvalue weighted by Gasteiger charge is 2.21. The Balaban J connectivity index is 2.16. The van der Waals surface area contributed by atoms with Crippen LogP contribution < -0.4 is 15.4 Å². The van der Waals surface area contributed by atoms with Gasteiger partial charge in [-0.15, -0.1) is 0 Å². The summed E-state index contributed by atoms with van der Waals surface area (Å²) >= 11 is 0. The summed E-state index contributed by atoms with van der Waals surface area (Å²) in [6.07, 6.45) is 2.58. The topological polar surface area (TPSA) is 47.7 Å². The fourth-order valence-corrected chi connectivity index (χ4v) is 2.30. The maximum atomic E-state index is 6.05. The van der Waals surface area contributed by atoms with E-state index >= 15 is 0 Å². The lowest BCUT2D eigenvalue weighted by Crippen LogP contribution is -2.39. The molecule has 1 aromatic rings. The van der Waals surface area contributed by atoms with E-state index < -0.39 is 0 Å². The minimum atomic E-state index is 0.310. The molecule has 94 valence electrons. The molecule has 1 atom stereocenters. The molecule has 0 amide bonds. The van der Waals surface area contributed by atoms with Gasteiger partial charge in [0.2, 0.25) is 0 Å². The molecule has 2 rings (SSSR count). The molecule has 0 bridgehead atoms. The number of hydrogen-bond donors (Lipinski definition) is 1. The molecular weight excluding hydrogens is 216 g/mol. The quantitative estimate of drug-likeness (QED) is 0.814. The van der Waals surface area contributed by atoms with Crippen LogP contribution in [0.4, 0.5) is 11.4 Å². The van der Waals surface area contributed by atoms with Crippen molar-refractivity contribution in [2.75, 3.05) is 37.9 Å². The van der Waals surface area contributed by atoms with Crippen LogP contribution in [0.3, 0.4) is 0 Å². The average Bonchev–Trinajstić information content (AvgIpc) is 2.38. The van der Waals surface area contributed by atoms with Gasteiger partial charge in [-0.1, -0.05) is 0 Å². The highest BCUT2D eigenvalue weighted by atomic mass is 16.5. The third-order valence-corrected chi connectivity index (χ3v) is 3.29. The van der Waals surface area contributed by atoms with E-state index in [0.29, 0.717) is 6.10 Å². The zero-order chi connectivity index (χ0) is 12.3. The van der Waals surface area contributed by atoms with Gasteiger partial charge in [0.1, 0.15) is 5.75 Å². The zero-order valence-corrected chi connectivity index (χ0v) is 10.5. The Morgan fingerprint density at radius 1 is 1.35 bits per heavy atom. The number of rotatable bonds is 3. The molecular formula is C13H20N2O2. The smallest absolute Gasteiger partial charge is 0.121 e. The molecule has 0 saturated carbocycles. The summed E-state index contributed by atoms with van der Waals surface area (Å²) in [7, 11) is 3.42. The van der Waals surface area contributed by atoms with Gasteiger partial charge in [-0.3, -0.25) is 0 Å². The standard InChI is InChI=1S/C13H20N2O2/c1-16-10-5-6-13(12(14)8-10)15-7-3-4-11(9-15)17-2/h5-6,8,11H,3-4,7,9,14H2,1-2H3. The van der Waals surface area contributed by atoms with Gasteiger partial charge in [-0.05, 0) is 25.0 Å². The number of anilines is 2. The summed E-state index contributed by atoms with van der Waals surface area (Å²) < 4.78 is 10.6. The fourth-order valence-electron chi connectivity index (χ4n) is 2.30. The third kappa shape index (κ3) is 2.64. The zero-order valence-electron chi connectivity index (χ0n) is 10.5. The van der Waals surface area contributed by atoms with Crippen molar-refractivity contribution in [2.45, 2.75) is 18.9 Å². The molecule has 0 radical (unpaired) electrons. The molecule has 0 aromatic heterocycles. The van der Waals surface area contributed by atoms with E-state index in [9.17, 15) is 0 Å². The third-order valence-electron chi connectivity index (χ3n) is 3.29. The van der Waals surface area contributed by atoms with Crippen LogP contribution in [-0.4, -0.2) is 33.4 Å². The second kappa shape index (κ2) is 5.27. The van der Waals surface area contributed by atoms with Crippen LogP contribution in [0.5, 0.6) is 5.75 Å². The largest absolute Gasteiger partial charge is 0.497 e. The van der Waals surface area contributed by atoms with Crippen molar-refractivity contribution in [1.29, 1.82) is 0 Å². The summed E-state index contributed by atoms with van der Waals surface area (Å²) in [6.45, 7) is 1.95. The van der Waals surface area contributed by atoms with E-state index in [4.69, 9.17) is 15.2 Å². The van der Waals surface area contributed by atoms with Crippen molar-refractivity contribution in [2.24, 2.45) is 0 Å². The van der Waals surface area contributed by atoms with Crippen molar-refractivity contribution >= 4 is 11.4 Å². The number of nitrogen functional groups attached to an aromatic ring is 1. The fraction of sp³-hybridized carbons (Fsp3) is 0.538. The molecule has 1 heterocycles. The van der Waals surface area contributed by atoms with Crippen molar-refractivity contribution in [1.82, 2.24) is 0 Å². The molecule has 4 heteroatoms. The Morgan fingerprint density at radius 2 is 2.18 bits per heavy atom. The highest BCUT2D eigenvalue weighted by molar-refractivity contribution is 5.69. The van der Waals surface area contributed by atoms with Gasteiger partial charge in [0.05, 0.1) is 24.6 Å². The number of nitrogens with two attached hydrogens (primary N) is 1. The first-order chi connectivity index (χ1) is 8.24. The maximum Gasteiger partial charge on any atom is 0.121 e. The molecule has 1 aliphatic heterocycles. The SMILES string of the molecule is COc1ccc(N2CCCC(OC)C2)c(N)c1. The van der Waals surface area contributed by atoms with Gasteiger partial charge < -0.3 is 20.1 Å². The van der Waals surface area contributed by atoms with Gasteiger partial charge >= 0.3 is 0 Å². The summed E-state index contributed by atoms with van der Waals surface area (Å²) in [4.78, 5) is 2.28. The van der Waals surface area contributed by atoms with E-state index in [1.807, 2.05) is 18.2 Å². The Labute approximate surface area is 102 Å². The number of ether oxygens (including phenoxy) is 2. The van der Waals surface area contributed by atoms with Gasteiger partial charge in [0.25, 0.3) is 0 Å². The summed E-state index contributed by atoms with van der Waals surface area (Å²) in [5.41, 5.74) is 7.89. The van der Waals surface area contributed by atoms with E-state index in [1.165, 1.54) is 0 Å². The maximum absolute atomic E-state index is 6.05. The molecule has 1 aliphatic rings. The van der Waals surface area contributed by atoms with Crippen molar-refractivity contribution in [3.63, 3.8) is 0 Å². The average molecular weight is 236 g/mol. The van der Waals surface area contributed by atoms with E-state index in [-0.39, 0.29) is 0 Å². The van der Waals surface area contributed by atoms with Crippen LogP contribution in [-0.2, 0) is 4.74 Å². The first kappa shape index (κ1) is 12.0. The van der Waals surface area contributed by atoms with E-state index in [0.717, 1.165) is 43.1 Å². The first-order valence-corrected chi connectivity index (χ1v) is 5.96. The van der Waals surface area contributed by atoms with Gasteiger partial charge in [-0.25, -0.2) is 0 Å². The van der Waals surface area contributed by atoms with Crippen LogP contribution in [0, 0.1) is 0 Å². The summed E-state index contributed by atoms with van der Waals surface area (Å²) in [6, 6.07) is 5.83. The Morgan fingerprint density at radius 3 is 2.82 bits per heavy atom. The van der Waals surface area contributed by atoms with Crippen LogP contribution in [0.2, 0.25) is 0 Å². The number of nitrogens with zero attached hydrogens (tertiary/aromatic N) is 1. The van der Waals surface area contributed by atoms with Crippen molar-refractivity contribution < 1.29 is 9.47 Å². The Bertz CT molecular complexity index is 382. The van der Waals surface area contributed by atoms with Gasteiger partial charge in [0, 0.05) is 26.3 Å². The second-order valence-electron chi connectivity index (χ2n) is 4.37.